The molecule has 3 aliphatic rings. The number of ether oxygens (including phenoxy) is 3. The predicted octanol–water partition coefficient (Wildman–Crippen LogP) is 1.62. The number of aromatic nitrogens is 1. The summed E-state index contributed by atoms with van der Waals surface area (Å²) >= 11 is 0. The maximum absolute atomic E-state index is 11.9. The molecule has 0 saturated carbocycles. The molecule has 122 valence electrons. The standard InChI is InChI=1S/C17H20N2O4/c1-21-17(20)13-8-12-15(19-13)11-2-5-18-9-14(11)23-16(12)10-3-6-22-7-4-10/h2,5,9-10,12-13,16H,3-4,6-8H2,1H3. The smallest absolute Gasteiger partial charge is 0.330 e. The van der Waals surface area contributed by atoms with Gasteiger partial charge in [-0.15, -0.1) is 0 Å². The molecule has 4 heterocycles. The maximum atomic E-state index is 11.9. The van der Waals surface area contributed by atoms with Crippen molar-refractivity contribution >= 4 is 11.7 Å². The Balaban J connectivity index is 1.70. The Bertz CT molecular complexity index is 639. The largest absolute Gasteiger partial charge is 0.487 e. The minimum Gasteiger partial charge on any atom is -0.487 e. The quantitative estimate of drug-likeness (QED) is 0.776. The molecule has 1 saturated heterocycles. The monoisotopic (exact) mass is 316 g/mol. The van der Waals surface area contributed by atoms with E-state index in [1.807, 2.05) is 6.07 Å². The van der Waals surface area contributed by atoms with E-state index in [9.17, 15) is 4.79 Å². The lowest BCUT2D eigenvalue weighted by atomic mass is 9.78. The molecule has 0 radical (unpaired) electrons. The summed E-state index contributed by atoms with van der Waals surface area (Å²) < 4.78 is 16.7. The van der Waals surface area contributed by atoms with Gasteiger partial charge in [0.05, 0.1) is 19.0 Å². The lowest BCUT2D eigenvalue weighted by Crippen LogP contribution is -2.43. The first-order valence-electron chi connectivity index (χ1n) is 8.12. The van der Waals surface area contributed by atoms with Gasteiger partial charge in [-0.3, -0.25) is 9.98 Å². The average Bonchev–Trinajstić information content (AvgIpc) is 3.06. The molecule has 1 fully saturated rings. The second-order valence-corrected chi connectivity index (χ2v) is 6.30. The fourth-order valence-electron chi connectivity index (χ4n) is 3.90. The molecule has 4 rings (SSSR count). The molecule has 6 heteroatoms. The number of pyridine rings is 1. The third-order valence-corrected chi connectivity index (χ3v) is 5.05. The van der Waals surface area contributed by atoms with Crippen molar-refractivity contribution < 1.29 is 19.0 Å². The van der Waals surface area contributed by atoms with Crippen molar-refractivity contribution in [2.24, 2.45) is 16.8 Å². The van der Waals surface area contributed by atoms with E-state index in [0.29, 0.717) is 12.3 Å². The Morgan fingerprint density at radius 1 is 1.35 bits per heavy atom. The fraction of sp³-hybridized carbons (Fsp3) is 0.588. The Kier molecular flexibility index (Phi) is 3.77. The van der Waals surface area contributed by atoms with Crippen molar-refractivity contribution in [3.05, 3.63) is 24.0 Å². The topological polar surface area (TPSA) is 70.0 Å². The highest BCUT2D eigenvalue weighted by atomic mass is 16.5. The van der Waals surface area contributed by atoms with Gasteiger partial charge in [0.15, 0.2) is 0 Å². The van der Waals surface area contributed by atoms with E-state index in [4.69, 9.17) is 14.2 Å². The van der Waals surface area contributed by atoms with Gasteiger partial charge in [-0.05, 0) is 25.3 Å². The summed E-state index contributed by atoms with van der Waals surface area (Å²) in [5.41, 5.74) is 1.93. The number of carbonyl (C=O) groups excluding carboxylic acids is 1. The summed E-state index contributed by atoms with van der Waals surface area (Å²) in [6, 6.07) is 1.49. The van der Waals surface area contributed by atoms with Crippen LogP contribution in [-0.4, -0.2) is 49.1 Å². The highest BCUT2D eigenvalue weighted by Gasteiger charge is 2.46. The highest BCUT2D eigenvalue weighted by Crippen LogP contribution is 2.41. The van der Waals surface area contributed by atoms with Gasteiger partial charge in [-0.2, -0.15) is 0 Å². The van der Waals surface area contributed by atoms with Crippen LogP contribution in [0.15, 0.2) is 23.5 Å². The molecule has 0 amide bonds. The van der Waals surface area contributed by atoms with E-state index in [0.717, 1.165) is 43.1 Å². The van der Waals surface area contributed by atoms with Crippen molar-refractivity contribution in [1.29, 1.82) is 0 Å². The number of hydrogen-bond donors (Lipinski definition) is 0. The summed E-state index contributed by atoms with van der Waals surface area (Å²) in [5, 5.41) is 0. The molecular formula is C17H20N2O4. The number of carbonyl (C=O) groups is 1. The molecule has 0 bridgehead atoms. The zero-order valence-electron chi connectivity index (χ0n) is 13.1. The SMILES string of the molecule is COC(=O)C1CC2C(=N1)c1ccncc1OC2C1CCOCC1. The molecular weight excluding hydrogens is 296 g/mol. The van der Waals surface area contributed by atoms with Gasteiger partial charge in [-0.1, -0.05) is 0 Å². The number of esters is 1. The molecule has 0 aromatic carbocycles. The lowest BCUT2D eigenvalue weighted by molar-refractivity contribution is -0.142. The first-order valence-corrected chi connectivity index (χ1v) is 8.12. The first-order chi connectivity index (χ1) is 11.3. The summed E-state index contributed by atoms with van der Waals surface area (Å²) in [6.07, 6.45) is 6.13. The molecule has 3 atom stereocenters. The highest BCUT2D eigenvalue weighted by molar-refractivity contribution is 6.08. The average molecular weight is 316 g/mol. The number of rotatable bonds is 2. The second-order valence-electron chi connectivity index (χ2n) is 6.30. The van der Waals surface area contributed by atoms with E-state index in [1.165, 1.54) is 7.11 Å². The first kappa shape index (κ1) is 14.6. The van der Waals surface area contributed by atoms with E-state index >= 15 is 0 Å². The van der Waals surface area contributed by atoms with Crippen LogP contribution in [-0.2, 0) is 14.3 Å². The van der Waals surface area contributed by atoms with E-state index in [2.05, 4.69) is 9.98 Å². The van der Waals surface area contributed by atoms with Crippen LogP contribution in [0.2, 0.25) is 0 Å². The van der Waals surface area contributed by atoms with Gasteiger partial charge < -0.3 is 14.2 Å². The van der Waals surface area contributed by atoms with Crippen LogP contribution in [0.25, 0.3) is 0 Å². The Labute approximate surface area is 134 Å². The van der Waals surface area contributed by atoms with Crippen LogP contribution in [0.5, 0.6) is 5.75 Å². The normalized spacial score (nSPS) is 30.0. The van der Waals surface area contributed by atoms with Gasteiger partial charge in [-0.25, -0.2) is 4.79 Å². The predicted molar refractivity (Wildman–Crippen MR) is 82.6 cm³/mol. The van der Waals surface area contributed by atoms with E-state index in [-0.39, 0.29) is 18.0 Å². The minimum absolute atomic E-state index is 0.0315. The number of hydrogen-bond acceptors (Lipinski definition) is 6. The van der Waals surface area contributed by atoms with Crippen molar-refractivity contribution in [2.45, 2.75) is 31.4 Å². The number of fused-ring (bicyclic) bond motifs is 3. The Morgan fingerprint density at radius 3 is 2.96 bits per heavy atom. The van der Waals surface area contributed by atoms with Crippen molar-refractivity contribution in [3.8, 4) is 5.75 Å². The van der Waals surface area contributed by atoms with Crippen LogP contribution in [0.1, 0.15) is 24.8 Å². The summed E-state index contributed by atoms with van der Waals surface area (Å²) in [5.74, 6) is 1.05. The van der Waals surface area contributed by atoms with E-state index in [1.54, 1.807) is 12.4 Å². The molecule has 1 aromatic rings. The zero-order valence-corrected chi connectivity index (χ0v) is 13.1. The number of nitrogens with zero attached hydrogens (tertiary/aromatic N) is 2. The van der Waals surface area contributed by atoms with Gasteiger partial charge in [0, 0.05) is 36.8 Å². The van der Waals surface area contributed by atoms with Gasteiger partial charge in [0.1, 0.15) is 17.9 Å². The molecule has 3 unspecified atom stereocenters. The maximum Gasteiger partial charge on any atom is 0.330 e. The van der Waals surface area contributed by atoms with Crippen molar-refractivity contribution in [1.82, 2.24) is 4.98 Å². The van der Waals surface area contributed by atoms with Gasteiger partial charge in [0.25, 0.3) is 0 Å². The van der Waals surface area contributed by atoms with Crippen LogP contribution in [0, 0.1) is 11.8 Å². The number of aliphatic imine (C=N–C) groups is 1. The zero-order chi connectivity index (χ0) is 15.8. The molecule has 0 aliphatic carbocycles. The minimum atomic E-state index is -0.426. The summed E-state index contributed by atoms with van der Waals surface area (Å²) in [7, 11) is 1.41. The van der Waals surface area contributed by atoms with Crippen LogP contribution < -0.4 is 4.74 Å². The molecule has 6 nitrogen and oxygen atoms in total. The number of methoxy groups -OCH3 is 1. The van der Waals surface area contributed by atoms with Crippen LogP contribution in [0.4, 0.5) is 0 Å². The van der Waals surface area contributed by atoms with Crippen LogP contribution in [0.3, 0.4) is 0 Å². The Morgan fingerprint density at radius 2 is 2.17 bits per heavy atom. The molecule has 3 aliphatic heterocycles. The molecule has 0 spiro atoms. The molecule has 0 N–H and O–H groups in total. The third-order valence-electron chi connectivity index (χ3n) is 5.05. The van der Waals surface area contributed by atoms with Gasteiger partial charge in [0.2, 0.25) is 0 Å². The molecule has 1 aromatic heterocycles. The summed E-state index contributed by atoms with van der Waals surface area (Å²) in [6.45, 7) is 1.54. The van der Waals surface area contributed by atoms with Gasteiger partial charge >= 0.3 is 5.97 Å². The fourth-order valence-corrected chi connectivity index (χ4v) is 3.90. The molecule has 23 heavy (non-hydrogen) atoms. The lowest BCUT2D eigenvalue weighted by Gasteiger charge is -2.38. The second kappa shape index (κ2) is 5.92. The summed E-state index contributed by atoms with van der Waals surface area (Å²) in [4.78, 5) is 20.8. The van der Waals surface area contributed by atoms with Crippen LogP contribution >= 0.6 is 0 Å². The third kappa shape index (κ3) is 2.51. The van der Waals surface area contributed by atoms with Crippen molar-refractivity contribution in [2.75, 3.05) is 20.3 Å². The Hall–Kier alpha value is -1.95. The van der Waals surface area contributed by atoms with Crippen molar-refractivity contribution in [3.63, 3.8) is 0 Å². The van der Waals surface area contributed by atoms with E-state index < -0.39 is 6.04 Å².